The lowest BCUT2D eigenvalue weighted by atomic mass is 10.0. The maximum absolute atomic E-state index is 11.3. The van der Waals surface area contributed by atoms with E-state index >= 15 is 0 Å². The molecule has 5 rings (SSSR count). The van der Waals surface area contributed by atoms with Crippen molar-refractivity contribution in [3.63, 3.8) is 0 Å². The highest BCUT2D eigenvalue weighted by Gasteiger charge is 2.18. The van der Waals surface area contributed by atoms with Gasteiger partial charge in [0.2, 0.25) is 0 Å². The van der Waals surface area contributed by atoms with Crippen LogP contribution in [0.15, 0.2) is 29.6 Å². The van der Waals surface area contributed by atoms with E-state index < -0.39 is 5.97 Å². The van der Waals surface area contributed by atoms with Crippen molar-refractivity contribution in [1.29, 1.82) is 0 Å². The average Bonchev–Trinajstić information content (AvgIpc) is 3.50. The molecule has 36 heavy (non-hydrogen) atoms. The van der Waals surface area contributed by atoms with Crippen LogP contribution in [-0.4, -0.2) is 80.8 Å². The predicted molar refractivity (Wildman–Crippen MR) is 144 cm³/mol. The highest BCUT2D eigenvalue weighted by atomic mass is 32.1. The van der Waals surface area contributed by atoms with E-state index in [4.69, 9.17) is 0 Å². The molecule has 4 aromatic rings. The van der Waals surface area contributed by atoms with Gasteiger partial charge in [-0.2, -0.15) is 0 Å². The summed E-state index contributed by atoms with van der Waals surface area (Å²) in [5.41, 5.74) is 2.98. The zero-order chi connectivity index (χ0) is 25.1. The molecule has 1 aliphatic rings. The van der Waals surface area contributed by atoms with Crippen molar-refractivity contribution < 1.29 is 9.90 Å². The number of fused-ring (bicyclic) bond motifs is 1. The largest absolute Gasteiger partial charge is 0.476 e. The first-order valence-corrected chi connectivity index (χ1v) is 13.5. The Bertz CT molecular complexity index is 1330. The van der Waals surface area contributed by atoms with E-state index in [1.54, 1.807) is 11.3 Å². The van der Waals surface area contributed by atoms with Gasteiger partial charge in [-0.25, -0.2) is 14.8 Å². The molecule has 0 saturated carbocycles. The van der Waals surface area contributed by atoms with Crippen molar-refractivity contribution in [2.45, 2.75) is 19.8 Å². The third kappa shape index (κ3) is 5.62. The molecule has 188 valence electrons. The Morgan fingerprint density at radius 3 is 2.56 bits per heavy atom. The molecule has 0 atom stereocenters. The monoisotopic (exact) mass is 524 g/mol. The zero-order valence-corrected chi connectivity index (χ0v) is 21.8. The van der Waals surface area contributed by atoms with Crippen molar-refractivity contribution in [2.75, 3.05) is 50.4 Å². The van der Waals surface area contributed by atoms with E-state index in [0.717, 1.165) is 72.0 Å². The first-order chi connectivity index (χ1) is 17.5. The lowest BCUT2D eigenvalue weighted by Crippen LogP contribution is -2.44. The molecule has 12 heteroatoms. The number of nitrogens with one attached hydrogen (secondary N) is 2. The molecule has 0 unspecified atom stereocenters. The van der Waals surface area contributed by atoms with Crippen LogP contribution >= 0.6 is 22.7 Å². The van der Waals surface area contributed by atoms with Crippen molar-refractivity contribution >= 4 is 60.8 Å². The molecule has 10 nitrogen and oxygen atoms in total. The smallest absolute Gasteiger partial charge is 0.355 e. The second-order valence-electron chi connectivity index (χ2n) is 8.83. The number of aromatic nitrogens is 4. The van der Waals surface area contributed by atoms with Gasteiger partial charge in [0, 0.05) is 42.7 Å². The van der Waals surface area contributed by atoms with Gasteiger partial charge in [-0.15, -0.1) is 21.5 Å². The molecular weight excluding hydrogens is 496 g/mol. The van der Waals surface area contributed by atoms with Crippen molar-refractivity contribution in [1.82, 2.24) is 30.0 Å². The standard InChI is InChI=1S/C24H28N8O2S2/c1-15-16(6-5-9-32-12-10-31(2)11-13-32)21(28-23-26-18(14-35-23)22(33)34)30-29-20(15)27-24-25-17-7-3-4-8-19(17)36-24/h3-4,7-8,14H,5-6,9-13H2,1-2H3,(H,33,34)(H,25,27,29)(H,26,28,30). The topological polar surface area (TPSA) is 119 Å². The Labute approximate surface area is 217 Å². The third-order valence-electron chi connectivity index (χ3n) is 6.31. The number of likely N-dealkylation sites (N-methyl/N-ethyl adjacent to an activating group) is 1. The highest BCUT2D eigenvalue weighted by molar-refractivity contribution is 7.22. The van der Waals surface area contributed by atoms with Crippen LogP contribution in [0.2, 0.25) is 0 Å². The second-order valence-corrected chi connectivity index (χ2v) is 10.7. The van der Waals surface area contributed by atoms with Gasteiger partial charge in [0.25, 0.3) is 0 Å². The van der Waals surface area contributed by atoms with E-state index in [9.17, 15) is 9.90 Å². The number of para-hydroxylation sites is 1. The van der Waals surface area contributed by atoms with Crippen LogP contribution < -0.4 is 10.6 Å². The molecule has 1 aromatic carbocycles. The summed E-state index contributed by atoms with van der Waals surface area (Å²) in [6, 6.07) is 8.02. The van der Waals surface area contributed by atoms with Gasteiger partial charge in [-0.05, 0) is 45.5 Å². The number of piperazine rings is 1. The Morgan fingerprint density at radius 2 is 1.81 bits per heavy atom. The Morgan fingerprint density at radius 1 is 1.06 bits per heavy atom. The molecule has 0 amide bonds. The fraction of sp³-hybridized carbons (Fsp3) is 0.375. The van der Waals surface area contributed by atoms with Gasteiger partial charge in [-0.1, -0.05) is 23.5 Å². The molecule has 3 aromatic heterocycles. The number of hydrogen-bond acceptors (Lipinski definition) is 11. The van der Waals surface area contributed by atoms with Crippen LogP contribution in [0, 0.1) is 6.92 Å². The van der Waals surface area contributed by atoms with Crippen LogP contribution in [0.1, 0.15) is 28.0 Å². The second kappa shape index (κ2) is 10.8. The maximum Gasteiger partial charge on any atom is 0.355 e. The van der Waals surface area contributed by atoms with Crippen LogP contribution in [-0.2, 0) is 6.42 Å². The van der Waals surface area contributed by atoms with E-state index in [2.05, 4.69) is 47.6 Å². The number of rotatable bonds is 9. The highest BCUT2D eigenvalue weighted by Crippen LogP contribution is 2.32. The summed E-state index contributed by atoms with van der Waals surface area (Å²) in [4.78, 5) is 24.9. The summed E-state index contributed by atoms with van der Waals surface area (Å²) < 4.78 is 1.11. The summed E-state index contributed by atoms with van der Waals surface area (Å²) in [5, 5.41) is 27.4. The van der Waals surface area contributed by atoms with E-state index in [-0.39, 0.29) is 5.69 Å². The molecule has 0 bridgehead atoms. The number of carboxylic acids is 1. The molecule has 0 aliphatic carbocycles. The van der Waals surface area contributed by atoms with Gasteiger partial charge in [0.05, 0.1) is 10.2 Å². The van der Waals surface area contributed by atoms with Crippen LogP contribution in [0.5, 0.6) is 0 Å². The number of hydrogen-bond donors (Lipinski definition) is 3. The van der Waals surface area contributed by atoms with Gasteiger partial charge >= 0.3 is 5.97 Å². The molecular formula is C24H28N8O2S2. The quantitative estimate of drug-likeness (QED) is 0.294. The van der Waals surface area contributed by atoms with E-state index in [1.165, 1.54) is 16.7 Å². The summed E-state index contributed by atoms with van der Waals surface area (Å²) in [6.45, 7) is 7.39. The third-order valence-corrected chi connectivity index (χ3v) is 8.02. The first-order valence-electron chi connectivity index (χ1n) is 11.8. The zero-order valence-electron chi connectivity index (χ0n) is 20.2. The lowest BCUT2D eigenvalue weighted by Gasteiger charge is -2.32. The molecule has 1 aliphatic heterocycles. The van der Waals surface area contributed by atoms with E-state index in [0.29, 0.717) is 16.8 Å². The maximum atomic E-state index is 11.3. The SMILES string of the molecule is Cc1c(Nc2nc3ccccc3s2)nnc(Nc2nc(C(=O)O)cs2)c1CCCN1CCN(C)CC1. The van der Waals surface area contributed by atoms with Crippen molar-refractivity contribution in [3.8, 4) is 0 Å². The van der Waals surface area contributed by atoms with Crippen molar-refractivity contribution in [3.05, 3.63) is 46.5 Å². The number of benzene rings is 1. The summed E-state index contributed by atoms with van der Waals surface area (Å²) in [5.74, 6) is 0.218. The van der Waals surface area contributed by atoms with E-state index in [1.807, 2.05) is 31.2 Å². The molecule has 1 fully saturated rings. The minimum absolute atomic E-state index is 0.0120. The summed E-state index contributed by atoms with van der Waals surface area (Å²) in [7, 11) is 2.16. The number of nitrogens with zero attached hydrogens (tertiary/aromatic N) is 6. The molecule has 0 radical (unpaired) electrons. The van der Waals surface area contributed by atoms with Gasteiger partial charge in [0.15, 0.2) is 27.6 Å². The summed E-state index contributed by atoms with van der Waals surface area (Å²) in [6.07, 6.45) is 1.78. The first kappa shape index (κ1) is 24.5. The number of anilines is 4. The molecule has 1 saturated heterocycles. The average molecular weight is 525 g/mol. The fourth-order valence-corrected chi connectivity index (χ4v) is 5.74. The summed E-state index contributed by atoms with van der Waals surface area (Å²) >= 11 is 2.81. The Hall–Kier alpha value is -3.19. The normalized spacial score (nSPS) is 14.8. The minimum Gasteiger partial charge on any atom is -0.476 e. The van der Waals surface area contributed by atoms with Crippen molar-refractivity contribution in [2.24, 2.45) is 0 Å². The number of thiazole rings is 2. The molecule has 4 heterocycles. The Balaban J connectivity index is 1.37. The van der Waals surface area contributed by atoms with Crippen LogP contribution in [0.25, 0.3) is 10.2 Å². The van der Waals surface area contributed by atoms with Gasteiger partial charge in [0.1, 0.15) is 0 Å². The van der Waals surface area contributed by atoms with Gasteiger partial charge in [-0.3, -0.25) is 0 Å². The number of carbonyl (C=O) groups is 1. The molecule has 3 N–H and O–H groups in total. The molecule has 0 spiro atoms. The number of aromatic carboxylic acids is 1. The van der Waals surface area contributed by atoms with Crippen LogP contribution in [0.4, 0.5) is 21.9 Å². The Kier molecular flexibility index (Phi) is 7.37. The van der Waals surface area contributed by atoms with Gasteiger partial charge < -0.3 is 25.5 Å². The number of carboxylic acid groups (broad SMARTS) is 1. The predicted octanol–water partition coefficient (Wildman–Crippen LogP) is 4.22. The lowest BCUT2D eigenvalue weighted by molar-refractivity contribution is 0.0691. The fourth-order valence-electron chi connectivity index (χ4n) is 4.19. The van der Waals surface area contributed by atoms with Crippen LogP contribution in [0.3, 0.4) is 0 Å². The minimum atomic E-state index is -1.05.